The average molecular weight is 423 g/mol. The van der Waals surface area contributed by atoms with Crippen LogP contribution in [0.25, 0.3) is 0 Å². The molecule has 158 valence electrons. The fraction of sp³-hybridized carbons (Fsp3) is 0.500. The maximum Gasteiger partial charge on any atom is 0.350 e. The van der Waals surface area contributed by atoms with Gasteiger partial charge in [-0.05, 0) is 31.0 Å². The summed E-state index contributed by atoms with van der Waals surface area (Å²) in [5.41, 5.74) is 0.912. The van der Waals surface area contributed by atoms with Gasteiger partial charge in [-0.3, -0.25) is 0 Å². The van der Waals surface area contributed by atoms with E-state index < -0.39 is 27.6 Å². The van der Waals surface area contributed by atoms with E-state index in [0.29, 0.717) is 11.4 Å². The number of esters is 2. The Kier molecular flexibility index (Phi) is 5.88. The lowest BCUT2D eigenvalue weighted by molar-refractivity contribution is -0.222. The largest absolute Gasteiger partial charge is 0.419 e. The van der Waals surface area contributed by atoms with Gasteiger partial charge in [0, 0.05) is 45.1 Å². The maximum absolute atomic E-state index is 12.3. The van der Waals surface area contributed by atoms with Gasteiger partial charge >= 0.3 is 11.9 Å². The number of hydrogen-bond donors (Lipinski definition) is 1. The average Bonchev–Trinajstić information content (AvgIpc) is 2.88. The first-order valence-electron chi connectivity index (χ1n) is 9.59. The van der Waals surface area contributed by atoms with Gasteiger partial charge in [-0.1, -0.05) is 12.8 Å². The summed E-state index contributed by atoms with van der Waals surface area (Å²) in [4.78, 5) is 26.5. The Bertz CT molecular complexity index is 922. The number of ether oxygens (including phenoxy) is 2. The van der Waals surface area contributed by atoms with Gasteiger partial charge in [0.2, 0.25) is 0 Å². The number of carbonyl (C=O) groups is 2. The van der Waals surface area contributed by atoms with E-state index in [9.17, 15) is 18.0 Å². The second-order valence-electron chi connectivity index (χ2n) is 7.74. The van der Waals surface area contributed by atoms with Crippen molar-refractivity contribution in [2.24, 2.45) is 0 Å². The molecular formula is C20H26N2O6S. The highest BCUT2D eigenvalue weighted by Gasteiger charge is 2.39. The molecule has 2 saturated heterocycles. The van der Waals surface area contributed by atoms with Gasteiger partial charge in [0.25, 0.3) is 5.79 Å². The number of nitrogens with one attached hydrogen (secondary N) is 1. The van der Waals surface area contributed by atoms with E-state index in [-0.39, 0.29) is 10.5 Å². The van der Waals surface area contributed by atoms with E-state index in [2.05, 4.69) is 10.2 Å². The van der Waals surface area contributed by atoms with Crippen LogP contribution >= 0.6 is 0 Å². The van der Waals surface area contributed by atoms with Crippen molar-refractivity contribution in [3.8, 4) is 0 Å². The predicted molar refractivity (Wildman–Crippen MR) is 108 cm³/mol. The first kappa shape index (κ1) is 21.2. The highest BCUT2D eigenvalue weighted by molar-refractivity contribution is 7.90. The van der Waals surface area contributed by atoms with E-state index in [1.54, 1.807) is 12.1 Å². The van der Waals surface area contributed by atoms with Crippen LogP contribution in [0.5, 0.6) is 0 Å². The van der Waals surface area contributed by atoms with Crippen LogP contribution in [0.15, 0.2) is 34.9 Å². The predicted octanol–water partition coefficient (Wildman–Crippen LogP) is 2.60. The second kappa shape index (κ2) is 8.06. The third-order valence-electron chi connectivity index (χ3n) is 4.81. The Morgan fingerprint density at radius 3 is 2.17 bits per heavy atom. The molecule has 29 heavy (non-hydrogen) atoms. The van der Waals surface area contributed by atoms with Gasteiger partial charge in [-0.25, -0.2) is 18.0 Å². The SMILES string of the molecule is CC1(C)OC(=O)C(=CNc2ccc(S(C)(=O)=O)c(N3CCCCCC3)c2)C(=O)O1. The number of carbonyl (C=O) groups excluding carboxylic acids is 2. The number of hydrogen-bond acceptors (Lipinski definition) is 8. The smallest absolute Gasteiger partial charge is 0.350 e. The van der Waals surface area contributed by atoms with E-state index >= 15 is 0 Å². The van der Waals surface area contributed by atoms with Crippen LogP contribution in [0.4, 0.5) is 11.4 Å². The van der Waals surface area contributed by atoms with Crippen LogP contribution in [0.1, 0.15) is 39.5 Å². The lowest BCUT2D eigenvalue weighted by Gasteiger charge is -2.29. The zero-order valence-electron chi connectivity index (χ0n) is 16.9. The minimum Gasteiger partial charge on any atom is -0.419 e. The molecule has 1 N–H and O–H groups in total. The van der Waals surface area contributed by atoms with Crippen LogP contribution in [-0.4, -0.2) is 45.5 Å². The molecular weight excluding hydrogens is 396 g/mol. The van der Waals surface area contributed by atoms with Crippen LogP contribution in [0, 0.1) is 0 Å². The molecule has 2 heterocycles. The van der Waals surface area contributed by atoms with Gasteiger partial charge in [0.05, 0.1) is 10.6 Å². The molecule has 0 aliphatic carbocycles. The molecule has 9 heteroatoms. The second-order valence-corrected chi connectivity index (χ2v) is 9.72. The number of sulfone groups is 1. The van der Waals surface area contributed by atoms with Crippen molar-refractivity contribution in [2.75, 3.05) is 29.6 Å². The third-order valence-corrected chi connectivity index (χ3v) is 5.95. The Morgan fingerprint density at radius 1 is 1.03 bits per heavy atom. The standard InChI is InChI=1S/C20H26N2O6S/c1-20(2)27-18(23)15(19(24)28-20)13-21-14-8-9-17(29(3,25)26)16(12-14)22-10-6-4-5-7-11-22/h8-9,12-13,21H,4-7,10-11H2,1-3H3. The van der Waals surface area contributed by atoms with Crippen LogP contribution in [0.3, 0.4) is 0 Å². The topological polar surface area (TPSA) is 102 Å². The first-order chi connectivity index (χ1) is 13.6. The van der Waals surface area contributed by atoms with Crippen molar-refractivity contribution in [3.63, 3.8) is 0 Å². The minimum absolute atomic E-state index is 0.257. The van der Waals surface area contributed by atoms with Gasteiger partial charge in [0.1, 0.15) is 0 Å². The lowest BCUT2D eigenvalue weighted by atomic mass is 10.2. The molecule has 2 fully saturated rings. The van der Waals surface area contributed by atoms with Gasteiger partial charge in [-0.2, -0.15) is 0 Å². The highest BCUT2D eigenvalue weighted by Crippen LogP contribution is 2.31. The van der Waals surface area contributed by atoms with Crippen LogP contribution in [-0.2, 0) is 28.9 Å². The molecule has 0 spiro atoms. The van der Waals surface area contributed by atoms with Crippen molar-refractivity contribution < 1.29 is 27.5 Å². The Morgan fingerprint density at radius 2 is 1.62 bits per heavy atom. The Labute approximate surface area is 170 Å². The molecule has 8 nitrogen and oxygen atoms in total. The van der Waals surface area contributed by atoms with E-state index in [1.807, 2.05) is 0 Å². The number of rotatable bonds is 4. The molecule has 0 bridgehead atoms. The summed E-state index contributed by atoms with van der Waals surface area (Å²) < 4.78 is 34.7. The van der Waals surface area contributed by atoms with Gasteiger partial charge in [0.15, 0.2) is 15.4 Å². The first-order valence-corrected chi connectivity index (χ1v) is 11.5. The monoisotopic (exact) mass is 422 g/mol. The summed E-state index contributed by atoms with van der Waals surface area (Å²) in [5.74, 6) is -2.86. The summed E-state index contributed by atoms with van der Waals surface area (Å²) >= 11 is 0. The van der Waals surface area contributed by atoms with Crippen molar-refractivity contribution in [1.29, 1.82) is 0 Å². The number of nitrogens with zero attached hydrogens (tertiary/aromatic N) is 1. The minimum atomic E-state index is -3.41. The summed E-state index contributed by atoms with van der Waals surface area (Å²) in [6.45, 7) is 4.51. The fourth-order valence-corrected chi connectivity index (χ4v) is 4.30. The molecule has 0 aromatic heterocycles. The normalized spacial score (nSPS) is 19.8. The maximum atomic E-state index is 12.3. The molecule has 1 aromatic rings. The van der Waals surface area contributed by atoms with E-state index in [4.69, 9.17) is 9.47 Å². The summed E-state index contributed by atoms with van der Waals surface area (Å²) in [6, 6.07) is 4.86. The molecule has 0 unspecified atom stereocenters. The molecule has 1 aromatic carbocycles. The fourth-order valence-electron chi connectivity index (χ4n) is 3.41. The highest BCUT2D eigenvalue weighted by atomic mass is 32.2. The van der Waals surface area contributed by atoms with Crippen molar-refractivity contribution in [2.45, 2.75) is 50.2 Å². The zero-order valence-corrected chi connectivity index (χ0v) is 17.7. The van der Waals surface area contributed by atoms with Gasteiger partial charge in [-0.15, -0.1) is 0 Å². The number of anilines is 2. The zero-order chi connectivity index (χ0) is 21.2. The summed E-state index contributed by atoms with van der Waals surface area (Å²) in [5, 5.41) is 2.89. The molecule has 2 aliphatic rings. The van der Waals surface area contributed by atoms with E-state index in [0.717, 1.165) is 38.8 Å². The van der Waals surface area contributed by atoms with E-state index in [1.165, 1.54) is 32.4 Å². The van der Waals surface area contributed by atoms with Crippen LogP contribution in [0.2, 0.25) is 0 Å². The molecule has 0 saturated carbocycles. The Balaban J connectivity index is 1.90. The van der Waals surface area contributed by atoms with Crippen molar-refractivity contribution in [1.82, 2.24) is 0 Å². The molecule has 0 atom stereocenters. The number of benzene rings is 1. The van der Waals surface area contributed by atoms with Crippen molar-refractivity contribution in [3.05, 3.63) is 30.0 Å². The molecule has 3 rings (SSSR count). The molecule has 0 amide bonds. The quantitative estimate of drug-likeness (QED) is 0.449. The number of cyclic esters (lactones) is 2. The molecule has 0 radical (unpaired) electrons. The summed E-state index contributed by atoms with van der Waals surface area (Å²) in [7, 11) is -3.41. The van der Waals surface area contributed by atoms with Gasteiger partial charge < -0.3 is 19.7 Å². The van der Waals surface area contributed by atoms with Crippen molar-refractivity contribution >= 4 is 33.2 Å². The summed E-state index contributed by atoms with van der Waals surface area (Å²) in [6.07, 6.45) is 6.65. The Hall–Kier alpha value is -2.55. The lowest BCUT2D eigenvalue weighted by Crippen LogP contribution is -2.42. The molecule has 2 aliphatic heterocycles. The third kappa shape index (κ3) is 5.09. The van der Waals surface area contributed by atoms with Crippen LogP contribution < -0.4 is 10.2 Å².